The third-order valence-electron chi connectivity index (χ3n) is 12.5. The number of nitrogens with zero attached hydrogens (tertiary/aromatic N) is 2. The zero-order valence-corrected chi connectivity index (χ0v) is 37.9. The van der Waals surface area contributed by atoms with Crippen molar-refractivity contribution in [2.75, 3.05) is 0 Å². The van der Waals surface area contributed by atoms with Crippen LogP contribution in [-0.2, 0) is 24.9 Å². The number of benzene rings is 5. The number of rotatable bonds is 10. The van der Waals surface area contributed by atoms with E-state index in [-0.39, 0.29) is 42.5 Å². The van der Waals surface area contributed by atoms with Gasteiger partial charge in [0.1, 0.15) is 17.2 Å². The van der Waals surface area contributed by atoms with Gasteiger partial charge < -0.3 is 9.52 Å². The molecule has 299 valence electrons. The average Bonchev–Trinajstić information content (AvgIpc) is 3.57. The number of aromatic nitrogens is 2. The second-order valence-corrected chi connectivity index (χ2v) is 16.3. The number of furan rings is 1. The number of allylic oxidation sites excluding steroid dienone is 2. The van der Waals surface area contributed by atoms with Crippen LogP contribution in [-0.4, -0.2) is 20.9 Å². The summed E-state index contributed by atoms with van der Waals surface area (Å²) in [7, 11) is 0. The molecular formula is C51H57IrN2O3-. The first-order valence-corrected chi connectivity index (χ1v) is 20.3. The molecule has 0 aliphatic rings. The van der Waals surface area contributed by atoms with E-state index < -0.39 is 0 Å². The summed E-state index contributed by atoms with van der Waals surface area (Å²) in [6, 6.07) is 31.4. The quantitative estimate of drug-likeness (QED) is 0.0640. The Kier molecular flexibility index (Phi) is 13.3. The van der Waals surface area contributed by atoms with Gasteiger partial charge >= 0.3 is 0 Å². The van der Waals surface area contributed by atoms with Crippen LogP contribution < -0.4 is 0 Å². The molecular weight excluding hydrogens is 881 g/mol. The largest absolute Gasteiger partial charge is 0.512 e. The Labute approximate surface area is 352 Å². The van der Waals surface area contributed by atoms with Gasteiger partial charge in [-0.2, -0.15) is 0 Å². The number of aryl methyl sites for hydroxylation is 3. The van der Waals surface area contributed by atoms with E-state index in [9.17, 15) is 9.90 Å². The Hall–Kier alpha value is -4.64. The Morgan fingerprint density at radius 1 is 0.807 bits per heavy atom. The van der Waals surface area contributed by atoms with Crippen LogP contribution in [0.2, 0.25) is 0 Å². The standard InChI is InChI=1S/C36H29N2O.C15H28O2.Ir/c1-20(2)26-12-7-11-24-15-18-29-34(37-23(5)38-35(29)33(24)26)30-14-8-13-28-27-17-16-25(19-31(27)39-36(28)30)32-21(3)9-6-10-22(32)4;1-7-14(5,8-2)12(16)11-13(17)15(6,9-3)10-4;/h6-13,15-20H,1-5H3;11,16H,7-10H2,1-6H3;/q-1;;/b;12-11-;. The fraction of sp³-hybridized carbons (Fsp3) is 0.353. The van der Waals surface area contributed by atoms with E-state index in [4.69, 9.17) is 14.4 Å². The molecule has 5 nitrogen and oxygen atoms in total. The zero-order valence-electron chi connectivity index (χ0n) is 35.5. The SMILES string of the molecule is CCC(C)(CC)C(=O)/C=C(\O)C(C)(CC)CC.Cc1nc(-c2[c-]ccc3c2oc2cc(-c4c(C)cccc4C)ccc23)c2ccc3cccc(C(C)C)c3c2n1.[Ir]. The van der Waals surface area contributed by atoms with Crippen molar-refractivity contribution in [2.24, 2.45) is 10.8 Å². The summed E-state index contributed by atoms with van der Waals surface area (Å²) in [5.41, 5.74) is 10.0. The molecule has 57 heavy (non-hydrogen) atoms. The monoisotopic (exact) mass is 938 g/mol. The minimum absolute atomic E-state index is 0. The Balaban J connectivity index is 0.000000295. The van der Waals surface area contributed by atoms with Crippen molar-refractivity contribution in [3.63, 3.8) is 0 Å². The minimum Gasteiger partial charge on any atom is -0.512 e. The van der Waals surface area contributed by atoms with E-state index >= 15 is 0 Å². The summed E-state index contributed by atoms with van der Waals surface area (Å²) in [6.45, 7) is 22.8. The van der Waals surface area contributed by atoms with E-state index in [1.807, 2.05) is 54.5 Å². The van der Waals surface area contributed by atoms with Crippen LogP contribution in [0, 0.1) is 37.7 Å². The summed E-state index contributed by atoms with van der Waals surface area (Å²) in [4.78, 5) is 22.1. The zero-order chi connectivity index (χ0) is 40.5. The van der Waals surface area contributed by atoms with Crippen LogP contribution in [0.4, 0.5) is 0 Å². The van der Waals surface area contributed by atoms with Crippen LogP contribution >= 0.6 is 0 Å². The van der Waals surface area contributed by atoms with Crippen molar-refractivity contribution in [3.8, 4) is 22.4 Å². The van der Waals surface area contributed by atoms with Crippen molar-refractivity contribution in [2.45, 2.75) is 108 Å². The molecule has 2 aromatic heterocycles. The summed E-state index contributed by atoms with van der Waals surface area (Å²) in [5.74, 6) is 1.41. The van der Waals surface area contributed by atoms with Gasteiger partial charge in [0, 0.05) is 53.5 Å². The Bertz CT molecular complexity index is 2590. The number of hydrogen-bond acceptors (Lipinski definition) is 5. The molecule has 0 bridgehead atoms. The number of fused-ring (bicyclic) bond motifs is 6. The average molecular weight is 938 g/mol. The molecule has 0 saturated carbocycles. The Morgan fingerprint density at radius 2 is 1.44 bits per heavy atom. The molecule has 6 heteroatoms. The fourth-order valence-electron chi connectivity index (χ4n) is 7.80. The third kappa shape index (κ3) is 8.22. The molecule has 5 aromatic carbocycles. The van der Waals surface area contributed by atoms with E-state index in [2.05, 4.69) is 107 Å². The molecule has 0 atom stereocenters. The van der Waals surface area contributed by atoms with Crippen molar-refractivity contribution in [3.05, 3.63) is 119 Å². The molecule has 0 amide bonds. The summed E-state index contributed by atoms with van der Waals surface area (Å²) in [6.07, 6.45) is 4.75. The third-order valence-corrected chi connectivity index (χ3v) is 12.5. The van der Waals surface area contributed by atoms with Crippen LogP contribution in [0.1, 0.15) is 110 Å². The summed E-state index contributed by atoms with van der Waals surface area (Å²) in [5, 5.41) is 15.7. The van der Waals surface area contributed by atoms with Gasteiger partial charge in [0.2, 0.25) is 0 Å². The van der Waals surface area contributed by atoms with Crippen molar-refractivity contribution < 1.29 is 34.4 Å². The second kappa shape index (κ2) is 17.5. The second-order valence-electron chi connectivity index (χ2n) is 16.3. The first-order chi connectivity index (χ1) is 26.7. The maximum atomic E-state index is 12.2. The fourth-order valence-corrected chi connectivity index (χ4v) is 7.80. The van der Waals surface area contributed by atoms with E-state index in [0.29, 0.717) is 5.92 Å². The number of aliphatic hydroxyl groups excluding tert-OH is 1. The maximum Gasteiger partial charge on any atom is 0.164 e. The van der Waals surface area contributed by atoms with E-state index in [1.54, 1.807) is 0 Å². The molecule has 1 N–H and O–H groups in total. The van der Waals surface area contributed by atoms with Gasteiger partial charge in [-0.1, -0.05) is 127 Å². The van der Waals surface area contributed by atoms with Crippen LogP contribution in [0.5, 0.6) is 0 Å². The van der Waals surface area contributed by atoms with Gasteiger partial charge in [-0.05, 0) is 97.0 Å². The number of hydrogen-bond donors (Lipinski definition) is 1. The van der Waals surface area contributed by atoms with Crippen LogP contribution in [0.25, 0.3) is 66.0 Å². The number of carbonyl (C=O) groups is 1. The number of ketones is 1. The summed E-state index contributed by atoms with van der Waals surface area (Å²) < 4.78 is 6.63. The molecule has 7 aromatic rings. The van der Waals surface area contributed by atoms with E-state index in [1.165, 1.54) is 44.7 Å². The van der Waals surface area contributed by atoms with E-state index in [0.717, 1.165) is 75.6 Å². The first kappa shape index (κ1) is 43.5. The maximum absolute atomic E-state index is 12.2. The van der Waals surface area contributed by atoms with Crippen molar-refractivity contribution in [1.82, 2.24) is 9.97 Å². The number of aliphatic hydroxyl groups is 1. The van der Waals surface area contributed by atoms with Gasteiger partial charge in [-0.3, -0.25) is 9.78 Å². The van der Waals surface area contributed by atoms with Gasteiger partial charge in [0.25, 0.3) is 0 Å². The van der Waals surface area contributed by atoms with Crippen LogP contribution in [0.15, 0.2) is 95.1 Å². The predicted molar refractivity (Wildman–Crippen MR) is 235 cm³/mol. The Morgan fingerprint density at radius 3 is 2.07 bits per heavy atom. The molecule has 0 aliphatic carbocycles. The first-order valence-electron chi connectivity index (χ1n) is 20.3. The van der Waals surface area contributed by atoms with Crippen LogP contribution in [0.3, 0.4) is 0 Å². The minimum atomic E-state index is -0.337. The van der Waals surface area contributed by atoms with Crippen molar-refractivity contribution >= 4 is 49.4 Å². The smallest absolute Gasteiger partial charge is 0.164 e. The molecule has 0 unspecified atom stereocenters. The summed E-state index contributed by atoms with van der Waals surface area (Å²) >= 11 is 0. The molecule has 0 spiro atoms. The predicted octanol–water partition coefficient (Wildman–Crippen LogP) is 14.5. The van der Waals surface area contributed by atoms with Crippen molar-refractivity contribution in [1.29, 1.82) is 0 Å². The molecule has 0 aliphatic heterocycles. The van der Waals surface area contributed by atoms with Gasteiger partial charge in [-0.25, -0.2) is 4.98 Å². The molecule has 1 radical (unpaired) electrons. The molecule has 0 saturated heterocycles. The number of carbonyl (C=O) groups excluding carboxylic acids is 1. The molecule has 7 rings (SSSR count). The van der Waals surface area contributed by atoms with Gasteiger partial charge in [-0.15, -0.1) is 18.2 Å². The van der Waals surface area contributed by atoms with Gasteiger partial charge in [0.15, 0.2) is 5.78 Å². The molecule has 0 fully saturated rings. The topological polar surface area (TPSA) is 76.2 Å². The van der Waals surface area contributed by atoms with Gasteiger partial charge in [0.05, 0.1) is 11.1 Å². The normalized spacial score (nSPS) is 12.3. The molecule has 2 heterocycles.